The molecule has 19 heavy (non-hydrogen) atoms. The Kier molecular flexibility index (Phi) is 2.99. The minimum Gasteiger partial charge on any atom is -0.341 e. The summed E-state index contributed by atoms with van der Waals surface area (Å²) in [5.41, 5.74) is 0. The topological polar surface area (TPSA) is 32.3 Å². The van der Waals surface area contributed by atoms with Crippen molar-refractivity contribution in [2.75, 3.05) is 24.5 Å². The van der Waals surface area contributed by atoms with E-state index in [1.807, 2.05) is 0 Å². The van der Waals surface area contributed by atoms with Crippen LogP contribution in [0.15, 0.2) is 0 Å². The summed E-state index contributed by atoms with van der Waals surface area (Å²) < 4.78 is 4.58. The summed E-state index contributed by atoms with van der Waals surface area (Å²) in [6.45, 7) is 5.99. The summed E-state index contributed by atoms with van der Waals surface area (Å²) in [6.07, 6.45) is 6.54. The van der Waals surface area contributed by atoms with Crippen LogP contribution in [0, 0.1) is 0 Å². The fourth-order valence-corrected chi connectivity index (χ4v) is 4.35. The number of hydrogen-bond donors (Lipinski definition) is 0. The second-order valence-electron chi connectivity index (χ2n) is 6.21. The molecule has 0 amide bonds. The first-order valence-electron chi connectivity index (χ1n) is 7.69. The van der Waals surface area contributed by atoms with E-state index >= 15 is 0 Å². The van der Waals surface area contributed by atoms with Crippen molar-refractivity contribution in [2.45, 2.75) is 57.0 Å². The molecule has 3 heterocycles. The zero-order valence-corrected chi connectivity index (χ0v) is 12.4. The van der Waals surface area contributed by atoms with Crippen LogP contribution in [-0.2, 0) is 0 Å². The zero-order chi connectivity index (χ0) is 12.8. The average Bonchev–Trinajstić information content (AvgIpc) is 3.01. The molecule has 1 saturated carbocycles. The molecular weight excluding hydrogens is 256 g/mol. The van der Waals surface area contributed by atoms with Gasteiger partial charge in [-0.25, -0.2) is 4.98 Å². The van der Waals surface area contributed by atoms with Crippen molar-refractivity contribution in [3.8, 4) is 0 Å². The lowest BCUT2D eigenvalue weighted by Crippen LogP contribution is -2.56. The van der Waals surface area contributed by atoms with Crippen molar-refractivity contribution in [1.29, 1.82) is 0 Å². The first kappa shape index (κ1) is 12.1. The highest BCUT2D eigenvalue weighted by Gasteiger charge is 2.37. The molecule has 2 unspecified atom stereocenters. The third kappa shape index (κ3) is 2.17. The van der Waals surface area contributed by atoms with Crippen LogP contribution in [0.1, 0.15) is 50.8 Å². The second kappa shape index (κ2) is 4.70. The molecule has 0 spiro atoms. The van der Waals surface area contributed by atoms with Gasteiger partial charge in [-0.1, -0.05) is 6.92 Å². The standard InChI is InChI=1S/C14H22N4S/c1-2-11-8-17-7-3-4-12(17)9-18(11)14-15-13(16-19-14)10-5-6-10/h10-12H,2-9H2,1H3. The molecule has 5 heteroatoms. The van der Waals surface area contributed by atoms with Gasteiger partial charge in [-0.15, -0.1) is 0 Å². The lowest BCUT2D eigenvalue weighted by atomic mass is 10.1. The van der Waals surface area contributed by atoms with E-state index in [2.05, 4.69) is 21.1 Å². The Labute approximate surface area is 119 Å². The Morgan fingerprint density at radius 2 is 2.16 bits per heavy atom. The van der Waals surface area contributed by atoms with E-state index in [4.69, 9.17) is 4.98 Å². The maximum Gasteiger partial charge on any atom is 0.205 e. The maximum absolute atomic E-state index is 4.82. The van der Waals surface area contributed by atoms with Crippen LogP contribution in [0.4, 0.5) is 5.13 Å². The molecule has 0 radical (unpaired) electrons. The van der Waals surface area contributed by atoms with Gasteiger partial charge in [0, 0.05) is 42.6 Å². The van der Waals surface area contributed by atoms with Gasteiger partial charge in [0.25, 0.3) is 0 Å². The Balaban J connectivity index is 1.56. The largest absolute Gasteiger partial charge is 0.341 e. The van der Waals surface area contributed by atoms with Crippen molar-refractivity contribution in [1.82, 2.24) is 14.3 Å². The summed E-state index contributed by atoms with van der Waals surface area (Å²) in [6, 6.07) is 1.39. The summed E-state index contributed by atoms with van der Waals surface area (Å²) in [7, 11) is 0. The highest BCUT2D eigenvalue weighted by molar-refractivity contribution is 7.09. The minimum atomic E-state index is 0.634. The van der Waals surface area contributed by atoms with Crippen LogP contribution in [0.3, 0.4) is 0 Å². The molecule has 2 aliphatic heterocycles. The fraction of sp³-hybridized carbons (Fsp3) is 0.857. The van der Waals surface area contributed by atoms with Crippen molar-refractivity contribution in [2.24, 2.45) is 0 Å². The molecule has 4 rings (SSSR count). The number of hydrogen-bond acceptors (Lipinski definition) is 5. The van der Waals surface area contributed by atoms with Gasteiger partial charge in [-0.2, -0.15) is 4.37 Å². The fourth-order valence-electron chi connectivity index (χ4n) is 3.52. The average molecular weight is 278 g/mol. The smallest absolute Gasteiger partial charge is 0.205 e. The van der Waals surface area contributed by atoms with E-state index in [0.29, 0.717) is 12.0 Å². The monoisotopic (exact) mass is 278 g/mol. The third-order valence-electron chi connectivity index (χ3n) is 4.88. The van der Waals surface area contributed by atoms with E-state index in [9.17, 15) is 0 Å². The van der Waals surface area contributed by atoms with E-state index in [0.717, 1.165) is 18.4 Å². The van der Waals surface area contributed by atoms with Gasteiger partial charge in [-0.3, -0.25) is 4.90 Å². The van der Waals surface area contributed by atoms with Crippen molar-refractivity contribution in [3.63, 3.8) is 0 Å². The lowest BCUT2D eigenvalue weighted by Gasteiger charge is -2.43. The summed E-state index contributed by atoms with van der Waals surface area (Å²) in [5, 5.41) is 1.18. The van der Waals surface area contributed by atoms with Crippen molar-refractivity contribution < 1.29 is 0 Å². The van der Waals surface area contributed by atoms with E-state index in [-0.39, 0.29) is 0 Å². The minimum absolute atomic E-state index is 0.634. The third-order valence-corrected chi connectivity index (χ3v) is 5.65. The second-order valence-corrected chi connectivity index (χ2v) is 6.95. The van der Waals surface area contributed by atoms with Gasteiger partial charge in [0.2, 0.25) is 5.13 Å². The van der Waals surface area contributed by atoms with Crippen molar-refractivity contribution in [3.05, 3.63) is 5.82 Å². The number of nitrogens with zero attached hydrogens (tertiary/aromatic N) is 4. The Hall–Kier alpha value is -0.680. The van der Waals surface area contributed by atoms with Crippen LogP contribution in [0.25, 0.3) is 0 Å². The first-order valence-corrected chi connectivity index (χ1v) is 8.46. The van der Waals surface area contributed by atoms with Crippen molar-refractivity contribution >= 4 is 16.7 Å². The Bertz CT molecular complexity index is 456. The molecule has 0 bridgehead atoms. The first-order chi connectivity index (χ1) is 9.35. The van der Waals surface area contributed by atoms with Gasteiger partial charge in [0.05, 0.1) is 0 Å². The van der Waals surface area contributed by atoms with Crippen LogP contribution in [0.5, 0.6) is 0 Å². The predicted molar refractivity (Wildman–Crippen MR) is 77.9 cm³/mol. The molecule has 1 aliphatic carbocycles. The van der Waals surface area contributed by atoms with Gasteiger partial charge in [0.1, 0.15) is 5.82 Å². The number of piperazine rings is 1. The maximum atomic E-state index is 4.82. The molecular formula is C14H22N4S. The van der Waals surface area contributed by atoms with Gasteiger partial charge >= 0.3 is 0 Å². The zero-order valence-electron chi connectivity index (χ0n) is 11.6. The number of fused-ring (bicyclic) bond motifs is 1. The van der Waals surface area contributed by atoms with Crippen LogP contribution in [0.2, 0.25) is 0 Å². The molecule has 1 aromatic rings. The van der Waals surface area contributed by atoms with E-state index in [1.54, 1.807) is 11.5 Å². The molecule has 2 saturated heterocycles. The molecule has 3 aliphatic rings. The highest BCUT2D eigenvalue weighted by Crippen LogP contribution is 2.40. The Morgan fingerprint density at radius 3 is 2.95 bits per heavy atom. The summed E-state index contributed by atoms with van der Waals surface area (Å²) in [4.78, 5) is 10.1. The molecule has 1 aromatic heterocycles. The van der Waals surface area contributed by atoms with E-state index in [1.165, 1.54) is 50.3 Å². The van der Waals surface area contributed by atoms with E-state index < -0.39 is 0 Å². The van der Waals surface area contributed by atoms with Gasteiger partial charge in [0.15, 0.2) is 0 Å². The molecule has 2 atom stereocenters. The molecule has 3 fully saturated rings. The number of rotatable bonds is 3. The SMILES string of the molecule is CCC1CN2CCCC2CN1c1nc(C2CC2)ns1. The Morgan fingerprint density at radius 1 is 1.26 bits per heavy atom. The number of aromatic nitrogens is 2. The molecule has 104 valence electrons. The number of anilines is 1. The summed E-state index contributed by atoms with van der Waals surface area (Å²) >= 11 is 1.62. The molecule has 4 nitrogen and oxygen atoms in total. The van der Waals surface area contributed by atoms with Gasteiger partial charge < -0.3 is 4.90 Å². The van der Waals surface area contributed by atoms with Crippen LogP contribution in [-0.4, -0.2) is 46.0 Å². The molecule has 0 N–H and O–H groups in total. The quantitative estimate of drug-likeness (QED) is 0.850. The lowest BCUT2D eigenvalue weighted by molar-refractivity contribution is 0.194. The van der Waals surface area contributed by atoms with Crippen LogP contribution >= 0.6 is 11.5 Å². The van der Waals surface area contributed by atoms with Gasteiger partial charge in [-0.05, 0) is 38.6 Å². The summed E-state index contributed by atoms with van der Waals surface area (Å²) in [5.74, 6) is 1.79. The normalized spacial score (nSPS) is 31.7. The van der Waals surface area contributed by atoms with Crippen LogP contribution < -0.4 is 4.90 Å². The highest BCUT2D eigenvalue weighted by atomic mass is 32.1. The molecule has 0 aromatic carbocycles. The predicted octanol–water partition coefficient (Wildman–Crippen LogP) is 2.48.